The number of nitrogens with two attached hydrogens (primary N) is 1. The average Bonchev–Trinajstić information content (AvgIpc) is 3.02. The Morgan fingerprint density at radius 3 is 2.87 bits per heavy atom. The highest BCUT2D eigenvalue weighted by Gasteiger charge is 2.23. The molecule has 4 nitrogen and oxygen atoms in total. The SMILES string of the molecule is Nc1cn(-c2cncc(C3CC3)c2)cn1. The molecule has 15 heavy (non-hydrogen) atoms. The Balaban J connectivity index is 2.00. The van der Waals surface area contributed by atoms with Crippen molar-refractivity contribution in [3.05, 3.63) is 36.5 Å². The molecule has 2 N–H and O–H groups in total. The lowest BCUT2D eigenvalue weighted by atomic mass is 10.2. The van der Waals surface area contributed by atoms with E-state index in [1.54, 1.807) is 12.5 Å². The van der Waals surface area contributed by atoms with Crippen molar-refractivity contribution < 1.29 is 0 Å². The van der Waals surface area contributed by atoms with Crippen LogP contribution in [0, 0.1) is 0 Å². The molecule has 0 aliphatic heterocycles. The molecular formula is C11H12N4. The zero-order valence-electron chi connectivity index (χ0n) is 8.30. The van der Waals surface area contributed by atoms with E-state index in [1.165, 1.54) is 18.4 Å². The molecule has 0 unspecified atom stereocenters. The number of hydrogen-bond acceptors (Lipinski definition) is 3. The third kappa shape index (κ3) is 1.58. The van der Waals surface area contributed by atoms with E-state index in [0.717, 1.165) is 11.6 Å². The van der Waals surface area contributed by atoms with Gasteiger partial charge >= 0.3 is 0 Å². The second kappa shape index (κ2) is 3.08. The topological polar surface area (TPSA) is 56.7 Å². The molecule has 1 aliphatic carbocycles. The second-order valence-corrected chi connectivity index (χ2v) is 3.96. The van der Waals surface area contributed by atoms with Gasteiger partial charge < -0.3 is 10.3 Å². The Labute approximate surface area is 87.8 Å². The number of nitrogens with zero attached hydrogens (tertiary/aromatic N) is 3. The molecule has 0 amide bonds. The van der Waals surface area contributed by atoms with Gasteiger partial charge in [-0.25, -0.2) is 4.98 Å². The van der Waals surface area contributed by atoms with Crippen LogP contribution in [0.5, 0.6) is 0 Å². The third-order valence-electron chi connectivity index (χ3n) is 2.69. The van der Waals surface area contributed by atoms with Crippen molar-refractivity contribution in [2.75, 3.05) is 5.73 Å². The fourth-order valence-corrected chi connectivity index (χ4v) is 1.71. The molecule has 76 valence electrons. The minimum atomic E-state index is 0.534. The summed E-state index contributed by atoms with van der Waals surface area (Å²) in [6, 6.07) is 2.16. The molecule has 0 saturated heterocycles. The van der Waals surface area contributed by atoms with Crippen LogP contribution in [0.1, 0.15) is 24.3 Å². The molecule has 0 aromatic carbocycles. The maximum Gasteiger partial charge on any atom is 0.141 e. The summed E-state index contributed by atoms with van der Waals surface area (Å²) < 4.78 is 1.90. The van der Waals surface area contributed by atoms with Crippen molar-refractivity contribution in [3.8, 4) is 5.69 Å². The molecule has 2 aromatic heterocycles. The zero-order valence-corrected chi connectivity index (χ0v) is 8.30. The summed E-state index contributed by atoms with van der Waals surface area (Å²) in [4.78, 5) is 8.24. The van der Waals surface area contributed by atoms with Crippen LogP contribution in [-0.4, -0.2) is 14.5 Å². The third-order valence-corrected chi connectivity index (χ3v) is 2.69. The van der Waals surface area contributed by atoms with Crippen LogP contribution in [0.15, 0.2) is 31.0 Å². The Morgan fingerprint density at radius 2 is 2.20 bits per heavy atom. The van der Waals surface area contributed by atoms with E-state index in [2.05, 4.69) is 16.0 Å². The largest absolute Gasteiger partial charge is 0.382 e. The van der Waals surface area contributed by atoms with E-state index < -0.39 is 0 Å². The molecule has 0 atom stereocenters. The summed E-state index contributed by atoms with van der Waals surface area (Å²) in [5.74, 6) is 1.25. The van der Waals surface area contributed by atoms with Crippen LogP contribution in [0.2, 0.25) is 0 Å². The zero-order chi connectivity index (χ0) is 10.3. The maximum atomic E-state index is 5.57. The van der Waals surface area contributed by atoms with Crippen LogP contribution < -0.4 is 5.73 Å². The molecule has 0 radical (unpaired) electrons. The molecule has 0 bridgehead atoms. The van der Waals surface area contributed by atoms with Gasteiger partial charge in [-0.15, -0.1) is 0 Å². The van der Waals surface area contributed by atoms with Gasteiger partial charge in [-0.1, -0.05) is 0 Å². The fraction of sp³-hybridized carbons (Fsp3) is 0.273. The van der Waals surface area contributed by atoms with Gasteiger partial charge in [0.1, 0.15) is 12.1 Å². The van der Waals surface area contributed by atoms with Crippen LogP contribution in [0.3, 0.4) is 0 Å². The van der Waals surface area contributed by atoms with Crippen molar-refractivity contribution in [2.24, 2.45) is 0 Å². The first-order chi connectivity index (χ1) is 7.33. The van der Waals surface area contributed by atoms with Gasteiger partial charge in [0.25, 0.3) is 0 Å². The van der Waals surface area contributed by atoms with Crippen LogP contribution in [0.4, 0.5) is 5.82 Å². The highest BCUT2D eigenvalue weighted by Crippen LogP contribution is 2.40. The number of rotatable bonds is 2. The summed E-state index contributed by atoms with van der Waals surface area (Å²) in [7, 11) is 0. The van der Waals surface area contributed by atoms with E-state index in [0.29, 0.717) is 5.82 Å². The molecular weight excluding hydrogens is 188 g/mol. The number of aromatic nitrogens is 3. The van der Waals surface area contributed by atoms with Gasteiger partial charge in [0.15, 0.2) is 0 Å². The number of hydrogen-bond donors (Lipinski definition) is 1. The first-order valence-corrected chi connectivity index (χ1v) is 5.08. The molecule has 1 fully saturated rings. The summed E-state index contributed by atoms with van der Waals surface area (Å²) >= 11 is 0. The fourth-order valence-electron chi connectivity index (χ4n) is 1.71. The van der Waals surface area contributed by atoms with Gasteiger partial charge in [0.2, 0.25) is 0 Å². The summed E-state index contributed by atoms with van der Waals surface area (Å²) in [5, 5.41) is 0. The van der Waals surface area contributed by atoms with E-state index >= 15 is 0 Å². The quantitative estimate of drug-likeness (QED) is 0.803. The Hall–Kier alpha value is -1.84. The van der Waals surface area contributed by atoms with Crippen molar-refractivity contribution in [2.45, 2.75) is 18.8 Å². The van der Waals surface area contributed by atoms with Crippen molar-refractivity contribution in [1.82, 2.24) is 14.5 Å². The normalized spacial score (nSPS) is 15.5. The molecule has 2 heterocycles. The van der Waals surface area contributed by atoms with E-state index in [9.17, 15) is 0 Å². The lowest BCUT2D eigenvalue weighted by molar-refractivity contribution is 1.01. The number of imidazole rings is 1. The minimum Gasteiger partial charge on any atom is -0.382 e. The van der Waals surface area contributed by atoms with E-state index in [4.69, 9.17) is 5.73 Å². The summed E-state index contributed by atoms with van der Waals surface area (Å²) in [5.41, 5.74) is 7.92. The number of pyridine rings is 1. The van der Waals surface area contributed by atoms with Gasteiger partial charge in [-0.05, 0) is 30.4 Å². The molecule has 1 aliphatic rings. The Bertz CT molecular complexity index is 485. The lowest BCUT2D eigenvalue weighted by Gasteiger charge is -2.03. The van der Waals surface area contributed by atoms with Crippen molar-refractivity contribution in [3.63, 3.8) is 0 Å². The highest BCUT2D eigenvalue weighted by molar-refractivity contribution is 5.38. The van der Waals surface area contributed by atoms with E-state index in [1.807, 2.05) is 17.0 Å². The maximum absolute atomic E-state index is 5.57. The van der Waals surface area contributed by atoms with E-state index in [-0.39, 0.29) is 0 Å². The van der Waals surface area contributed by atoms with Crippen molar-refractivity contribution in [1.29, 1.82) is 0 Å². The van der Waals surface area contributed by atoms with Gasteiger partial charge in [-0.2, -0.15) is 0 Å². The van der Waals surface area contributed by atoms with Gasteiger partial charge in [-0.3, -0.25) is 4.98 Å². The monoisotopic (exact) mass is 200 g/mol. The number of nitrogen functional groups attached to an aromatic ring is 1. The standard InChI is InChI=1S/C11H12N4/c12-11-6-15(7-14-11)10-3-9(4-13-5-10)8-1-2-8/h3-8H,1-2,12H2. The molecule has 1 saturated carbocycles. The predicted octanol–water partition coefficient (Wildman–Crippen LogP) is 1.73. The molecule has 3 rings (SSSR count). The average molecular weight is 200 g/mol. The molecule has 0 spiro atoms. The first kappa shape index (κ1) is 8.47. The Morgan fingerprint density at radius 1 is 1.33 bits per heavy atom. The van der Waals surface area contributed by atoms with Crippen molar-refractivity contribution >= 4 is 5.82 Å². The molecule has 4 heteroatoms. The number of anilines is 1. The van der Waals surface area contributed by atoms with Crippen LogP contribution in [-0.2, 0) is 0 Å². The van der Waals surface area contributed by atoms with Crippen LogP contribution in [0.25, 0.3) is 5.69 Å². The van der Waals surface area contributed by atoms with Crippen LogP contribution >= 0.6 is 0 Å². The summed E-state index contributed by atoms with van der Waals surface area (Å²) in [6.45, 7) is 0. The first-order valence-electron chi connectivity index (χ1n) is 5.08. The van der Waals surface area contributed by atoms with Gasteiger partial charge in [0, 0.05) is 6.20 Å². The summed E-state index contributed by atoms with van der Waals surface area (Å²) in [6.07, 6.45) is 9.86. The smallest absolute Gasteiger partial charge is 0.141 e. The second-order valence-electron chi connectivity index (χ2n) is 3.96. The van der Waals surface area contributed by atoms with Gasteiger partial charge in [0.05, 0.1) is 18.1 Å². The lowest BCUT2D eigenvalue weighted by Crippen LogP contribution is -1.93. The molecule has 2 aromatic rings. The Kier molecular flexibility index (Phi) is 1.74. The highest BCUT2D eigenvalue weighted by atomic mass is 15.1. The predicted molar refractivity (Wildman–Crippen MR) is 57.7 cm³/mol. The minimum absolute atomic E-state index is 0.534.